The van der Waals surface area contributed by atoms with E-state index in [4.69, 9.17) is 14.6 Å². The van der Waals surface area contributed by atoms with Crippen molar-refractivity contribution in [3.63, 3.8) is 0 Å². The van der Waals surface area contributed by atoms with Crippen LogP contribution in [0.1, 0.15) is 27.2 Å². The maximum absolute atomic E-state index is 9.98. The standard InChI is InChI=1S/C6H14O3.C5H10O2/c1-2-8-5-6-9-4-3-7;1-3-4-7-5(2)6/h7H,2-6H2,1H3;3-4H2,1-2H3. The van der Waals surface area contributed by atoms with Crippen LogP contribution in [-0.2, 0) is 19.0 Å². The summed E-state index contributed by atoms with van der Waals surface area (Å²) in [6.45, 7) is 8.28. The minimum atomic E-state index is -0.193. The highest BCUT2D eigenvalue weighted by atomic mass is 16.5. The van der Waals surface area contributed by atoms with Crippen molar-refractivity contribution < 1.29 is 24.1 Å². The van der Waals surface area contributed by atoms with E-state index in [0.717, 1.165) is 13.0 Å². The molecule has 0 unspecified atom stereocenters. The summed E-state index contributed by atoms with van der Waals surface area (Å²) in [6, 6.07) is 0. The molecule has 0 saturated heterocycles. The third-order valence-electron chi connectivity index (χ3n) is 1.32. The fourth-order valence-corrected chi connectivity index (χ4v) is 0.675. The van der Waals surface area contributed by atoms with E-state index in [1.807, 2.05) is 13.8 Å². The fraction of sp³-hybridized carbons (Fsp3) is 0.909. The summed E-state index contributed by atoms with van der Waals surface area (Å²) in [6.07, 6.45) is 0.902. The van der Waals surface area contributed by atoms with E-state index in [2.05, 4.69) is 4.74 Å². The SMILES string of the molecule is CCCOC(C)=O.CCOCCOCCO. The first-order valence-electron chi connectivity index (χ1n) is 5.58. The highest BCUT2D eigenvalue weighted by molar-refractivity contribution is 5.65. The molecule has 0 rings (SSSR count). The molecular formula is C11H24O5. The maximum atomic E-state index is 9.98. The maximum Gasteiger partial charge on any atom is 0.302 e. The summed E-state index contributed by atoms with van der Waals surface area (Å²) in [4.78, 5) is 9.98. The molecule has 98 valence electrons. The van der Waals surface area contributed by atoms with Crippen LogP contribution in [0.15, 0.2) is 0 Å². The first kappa shape index (κ1) is 17.7. The summed E-state index contributed by atoms with van der Waals surface area (Å²) in [5.41, 5.74) is 0. The molecule has 0 aromatic rings. The predicted molar refractivity (Wildman–Crippen MR) is 61.3 cm³/mol. The van der Waals surface area contributed by atoms with Crippen LogP contribution in [0.4, 0.5) is 0 Å². The third-order valence-corrected chi connectivity index (χ3v) is 1.32. The van der Waals surface area contributed by atoms with Gasteiger partial charge < -0.3 is 19.3 Å². The normalized spacial score (nSPS) is 9.25. The van der Waals surface area contributed by atoms with E-state index in [1.54, 1.807) is 0 Å². The van der Waals surface area contributed by atoms with Gasteiger partial charge in [-0.2, -0.15) is 0 Å². The second-order valence-electron chi connectivity index (χ2n) is 2.87. The van der Waals surface area contributed by atoms with Crippen molar-refractivity contribution in [2.75, 3.05) is 39.6 Å². The van der Waals surface area contributed by atoms with Crippen molar-refractivity contribution in [3.05, 3.63) is 0 Å². The van der Waals surface area contributed by atoms with Gasteiger partial charge in [0.1, 0.15) is 0 Å². The molecule has 0 fully saturated rings. The van der Waals surface area contributed by atoms with Gasteiger partial charge in [0.15, 0.2) is 0 Å². The van der Waals surface area contributed by atoms with Crippen molar-refractivity contribution >= 4 is 5.97 Å². The molecular weight excluding hydrogens is 212 g/mol. The number of rotatable bonds is 8. The van der Waals surface area contributed by atoms with Gasteiger partial charge in [-0.15, -0.1) is 0 Å². The molecule has 0 aliphatic heterocycles. The molecule has 5 heteroatoms. The molecule has 0 amide bonds. The van der Waals surface area contributed by atoms with E-state index in [-0.39, 0.29) is 12.6 Å². The van der Waals surface area contributed by atoms with Gasteiger partial charge in [-0.05, 0) is 13.3 Å². The predicted octanol–water partition coefficient (Wildman–Crippen LogP) is 0.991. The zero-order valence-electron chi connectivity index (χ0n) is 10.5. The summed E-state index contributed by atoms with van der Waals surface area (Å²) in [5, 5.41) is 8.26. The Balaban J connectivity index is 0. The summed E-state index contributed by atoms with van der Waals surface area (Å²) < 4.78 is 14.4. The van der Waals surface area contributed by atoms with Gasteiger partial charge in [-0.3, -0.25) is 4.79 Å². The lowest BCUT2D eigenvalue weighted by molar-refractivity contribution is -0.140. The van der Waals surface area contributed by atoms with Crippen LogP contribution in [0.2, 0.25) is 0 Å². The number of esters is 1. The van der Waals surface area contributed by atoms with E-state index >= 15 is 0 Å². The zero-order chi connectivity index (χ0) is 12.6. The topological polar surface area (TPSA) is 65.0 Å². The van der Waals surface area contributed by atoms with Crippen molar-refractivity contribution in [1.82, 2.24) is 0 Å². The van der Waals surface area contributed by atoms with Gasteiger partial charge in [0, 0.05) is 13.5 Å². The van der Waals surface area contributed by atoms with Crippen LogP contribution in [0, 0.1) is 0 Å². The minimum Gasteiger partial charge on any atom is -0.466 e. The van der Waals surface area contributed by atoms with Crippen molar-refractivity contribution in [1.29, 1.82) is 0 Å². The Hall–Kier alpha value is -0.650. The number of aliphatic hydroxyl groups is 1. The van der Waals surface area contributed by atoms with E-state index in [9.17, 15) is 4.79 Å². The first-order chi connectivity index (χ1) is 7.68. The highest BCUT2D eigenvalue weighted by Gasteiger charge is 1.85. The smallest absolute Gasteiger partial charge is 0.302 e. The summed E-state index contributed by atoms with van der Waals surface area (Å²) in [5.74, 6) is -0.193. The molecule has 5 nitrogen and oxygen atoms in total. The van der Waals surface area contributed by atoms with Crippen molar-refractivity contribution in [3.8, 4) is 0 Å². The average molecular weight is 236 g/mol. The van der Waals surface area contributed by atoms with E-state index in [0.29, 0.717) is 26.4 Å². The van der Waals surface area contributed by atoms with Gasteiger partial charge >= 0.3 is 5.97 Å². The molecule has 0 aliphatic carbocycles. The monoisotopic (exact) mass is 236 g/mol. The van der Waals surface area contributed by atoms with E-state index < -0.39 is 0 Å². The van der Waals surface area contributed by atoms with Gasteiger partial charge in [-0.25, -0.2) is 0 Å². The second-order valence-corrected chi connectivity index (χ2v) is 2.87. The van der Waals surface area contributed by atoms with Crippen LogP contribution in [0.3, 0.4) is 0 Å². The molecule has 0 atom stereocenters. The fourth-order valence-electron chi connectivity index (χ4n) is 0.675. The Morgan fingerprint density at radius 3 is 2.06 bits per heavy atom. The van der Waals surface area contributed by atoms with Crippen LogP contribution in [0.25, 0.3) is 0 Å². The largest absolute Gasteiger partial charge is 0.466 e. The Bertz CT molecular complexity index is 132. The molecule has 16 heavy (non-hydrogen) atoms. The molecule has 0 spiro atoms. The molecule has 0 aromatic heterocycles. The number of hydrogen-bond acceptors (Lipinski definition) is 5. The second kappa shape index (κ2) is 16.8. The zero-order valence-corrected chi connectivity index (χ0v) is 10.5. The summed E-state index contributed by atoms with van der Waals surface area (Å²) in [7, 11) is 0. The molecule has 0 saturated carbocycles. The third kappa shape index (κ3) is 23.3. The first-order valence-corrected chi connectivity index (χ1v) is 5.58. The molecule has 0 bridgehead atoms. The van der Waals surface area contributed by atoms with Crippen LogP contribution in [0.5, 0.6) is 0 Å². The molecule has 1 N–H and O–H groups in total. The molecule has 0 radical (unpaired) electrons. The Kier molecular flexibility index (Phi) is 18.6. The molecule has 0 aliphatic rings. The van der Waals surface area contributed by atoms with Gasteiger partial charge in [0.25, 0.3) is 0 Å². The minimum absolute atomic E-state index is 0.0894. The van der Waals surface area contributed by atoms with Crippen molar-refractivity contribution in [2.45, 2.75) is 27.2 Å². The Labute approximate surface area is 97.7 Å². The Morgan fingerprint density at radius 1 is 1.06 bits per heavy atom. The average Bonchev–Trinajstić information content (AvgIpc) is 2.27. The van der Waals surface area contributed by atoms with Crippen LogP contribution >= 0.6 is 0 Å². The number of carbonyl (C=O) groups excluding carboxylic acids is 1. The Morgan fingerprint density at radius 2 is 1.69 bits per heavy atom. The number of hydrogen-bond donors (Lipinski definition) is 1. The molecule has 0 aromatic carbocycles. The lowest BCUT2D eigenvalue weighted by Gasteiger charge is -2.00. The highest BCUT2D eigenvalue weighted by Crippen LogP contribution is 1.78. The molecule has 0 heterocycles. The summed E-state index contributed by atoms with van der Waals surface area (Å²) >= 11 is 0. The number of ether oxygens (including phenoxy) is 3. The number of carbonyl (C=O) groups is 1. The lowest BCUT2D eigenvalue weighted by Crippen LogP contribution is -2.06. The van der Waals surface area contributed by atoms with Crippen LogP contribution in [-0.4, -0.2) is 50.7 Å². The van der Waals surface area contributed by atoms with Gasteiger partial charge in [0.05, 0.1) is 33.0 Å². The lowest BCUT2D eigenvalue weighted by atomic mass is 10.5. The number of aliphatic hydroxyl groups excluding tert-OH is 1. The van der Waals surface area contributed by atoms with Gasteiger partial charge in [0.2, 0.25) is 0 Å². The van der Waals surface area contributed by atoms with Gasteiger partial charge in [-0.1, -0.05) is 6.92 Å². The van der Waals surface area contributed by atoms with E-state index in [1.165, 1.54) is 6.92 Å². The van der Waals surface area contributed by atoms with Crippen molar-refractivity contribution in [2.24, 2.45) is 0 Å². The quantitative estimate of drug-likeness (QED) is 0.503. The van der Waals surface area contributed by atoms with Crippen LogP contribution < -0.4 is 0 Å².